The Balaban J connectivity index is 1.34. The maximum atomic E-state index is 13.0. The minimum atomic E-state index is -3.69. The van der Waals surface area contributed by atoms with Gasteiger partial charge in [0, 0.05) is 33.1 Å². The van der Waals surface area contributed by atoms with E-state index in [1.165, 1.54) is 16.1 Å². The Hall–Kier alpha value is -2.09. The monoisotopic (exact) mass is 454 g/mol. The molecule has 1 aromatic carbocycles. The topological polar surface area (TPSA) is 122 Å². The predicted octanol–water partition coefficient (Wildman–Crippen LogP) is 1.15. The van der Waals surface area contributed by atoms with Crippen LogP contribution in [0.2, 0.25) is 0 Å². The molecule has 0 unspecified atom stereocenters. The molecule has 2 aromatic heterocycles. The summed E-state index contributed by atoms with van der Waals surface area (Å²) in [4.78, 5) is 18.4. The molecule has 0 saturated carbocycles. The van der Waals surface area contributed by atoms with E-state index in [2.05, 4.69) is 18.9 Å². The van der Waals surface area contributed by atoms with Crippen molar-refractivity contribution in [1.29, 1.82) is 0 Å². The molecule has 13 heteroatoms. The summed E-state index contributed by atoms with van der Waals surface area (Å²) in [5.41, 5.74) is 0.961. The minimum absolute atomic E-state index is 0.0296. The summed E-state index contributed by atoms with van der Waals surface area (Å²) in [5.74, 6) is 1.79. The fraction of sp³-hybridized carbons (Fsp3) is 0.438. The van der Waals surface area contributed by atoms with Crippen LogP contribution in [0.5, 0.6) is 0 Å². The molecular formula is C16H18N6O4S3. The zero-order valence-corrected chi connectivity index (χ0v) is 18.0. The lowest BCUT2D eigenvalue weighted by molar-refractivity contribution is -0.129. The summed E-state index contributed by atoms with van der Waals surface area (Å²) in [6, 6.07) is 4.95. The second kappa shape index (κ2) is 8.34. The first-order valence-corrected chi connectivity index (χ1v) is 12.1. The maximum Gasteiger partial charge on any atom is 0.245 e. The first-order chi connectivity index (χ1) is 13.9. The Bertz CT molecular complexity index is 1120. The summed E-state index contributed by atoms with van der Waals surface area (Å²) in [5, 5.41) is 3.79. The quantitative estimate of drug-likeness (QED) is 0.539. The van der Waals surface area contributed by atoms with E-state index in [-0.39, 0.29) is 29.6 Å². The van der Waals surface area contributed by atoms with Crippen LogP contribution >= 0.6 is 23.5 Å². The van der Waals surface area contributed by atoms with Crippen LogP contribution in [0, 0.1) is 6.92 Å². The van der Waals surface area contributed by atoms with Crippen molar-refractivity contribution in [3.8, 4) is 0 Å². The average molecular weight is 455 g/mol. The number of piperazine rings is 1. The molecular weight excluding hydrogens is 436 g/mol. The van der Waals surface area contributed by atoms with Gasteiger partial charge in [0.2, 0.25) is 21.8 Å². The molecule has 1 saturated heterocycles. The van der Waals surface area contributed by atoms with Crippen molar-refractivity contribution in [3.05, 3.63) is 29.9 Å². The fourth-order valence-electron chi connectivity index (χ4n) is 3.03. The zero-order chi connectivity index (χ0) is 20.4. The fourth-order valence-corrected chi connectivity index (χ4v) is 5.96. The van der Waals surface area contributed by atoms with Crippen LogP contribution in [0.25, 0.3) is 11.0 Å². The molecule has 10 nitrogen and oxygen atoms in total. The number of benzene rings is 1. The van der Waals surface area contributed by atoms with Crippen molar-refractivity contribution in [2.45, 2.75) is 17.6 Å². The van der Waals surface area contributed by atoms with Gasteiger partial charge in [-0.3, -0.25) is 4.79 Å². The molecule has 0 atom stereocenters. The molecule has 154 valence electrons. The summed E-state index contributed by atoms with van der Waals surface area (Å²) >= 11 is 2.39. The molecule has 4 rings (SSSR count). The van der Waals surface area contributed by atoms with Gasteiger partial charge in [-0.25, -0.2) is 8.42 Å². The first-order valence-electron chi connectivity index (χ1n) is 8.81. The van der Waals surface area contributed by atoms with E-state index in [0.717, 1.165) is 11.7 Å². The summed E-state index contributed by atoms with van der Waals surface area (Å²) < 4.78 is 40.6. The number of nitrogens with zero attached hydrogens (tertiary/aromatic N) is 6. The number of fused-ring (bicyclic) bond motifs is 1. The summed E-state index contributed by atoms with van der Waals surface area (Å²) in [6.45, 7) is 2.91. The molecule has 0 aliphatic carbocycles. The van der Waals surface area contributed by atoms with Gasteiger partial charge in [0.1, 0.15) is 15.9 Å². The third-order valence-corrected chi connectivity index (χ3v) is 7.87. The molecule has 0 N–H and O–H groups in total. The number of hydrogen-bond donors (Lipinski definition) is 0. The Morgan fingerprint density at radius 2 is 2.03 bits per heavy atom. The lowest BCUT2D eigenvalue weighted by Crippen LogP contribution is -2.51. The van der Waals surface area contributed by atoms with Gasteiger partial charge >= 0.3 is 0 Å². The normalized spacial score (nSPS) is 15.8. The SMILES string of the molecule is Cc1nc(CSCC(=O)N2CCN(S(=O)(=O)c3cccc4nsnc34)CC2)no1. The highest BCUT2D eigenvalue weighted by Crippen LogP contribution is 2.25. The molecule has 1 fully saturated rings. The van der Waals surface area contributed by atoms with Crippen molar-refractivity contribution in [3.63, 3.8) is 0 Å². The van der Waals surface area contributed by atoms with Crippen LogP contribution in [0.15, 0.2) is 27.6 Å². The van der Waals surface area contributed by atoms with Crippen LogP contribution in [-0.4, -0.2) is 74.3 Å². The third kappa shape index (κ3) is 4.27. The van der Waals surface area contributed by atoms with E-state index in [4.69, 9.17) is 4.52 Å². The number of rotatable bonds is 6. The van der Waals surface area contributed by atoms with Crippen molar-refractivity contribution >= 4 is 50.5 Å². The van der Waals surface area contributed by atoms with Crippen molar-refractivity contribution < 1.29 is 17.7 Å². The molecule has 0 spiro atoms. The molecule has 1 aliphatic rings. The Morgan fingerprint density at radius 1 is 1.24 bits per heavy atom. The van der Waals surface area contributed by atoms with Gasteiger partial charge in [0.15, 0.2) is 5.82 Å². The van der Waals surface area contributed by atoms with E-state index >= 15 is 0 Å². The number of thioether (sulfide) groups is 1. The molecule has 3 heterocycles. The third-order valence-electron chi connectivity index (χ3n) is 4.48. The van der Waals surface area contributed by atoms with E-state index < -0.39 is 10.0 Å². The standard InChI is InChI=1S/C16H18N6O4S3/c1-11-17-14(18-26-11)9-27-10-15(23)21-5-7-22(8-6-21)29(24,25)13-4-2-3-12-16(13)20-28-19-12/h2-4H,5-10H2,1H3. The molecule has 29 heavy (non-hydrogen) atoms. The van der Waals surface area contributed by atoms with Crippen molar-refractivity contribution in [2.24, 2.45) is 0 Å². The van der Waals surface area contributed by atoms with Gasteiger partial charge in [-0.05, 0) is 12.1 Å². The number of carbonyl (C=O) groups is 1. The van der Waals surface area contributed by atoms with Crippen molar-refractivity contribution in [2.75, 3.05) is 31.9 Å². The van der Waals surface area contributed by atoms with Crippen LogP contribution in [0.3, 0.4) is 0 Å². The van der Waals surface area contributed by atoms with Crippen LogP contribution < -0.4 is 0 Å². The highest BCUT2D eigenvalue weighted by molar-refractivity contribution is 7.99. The van der Waals surface area contributed by atoms with Gasteiger partial charge in [0.05, 0.1) is 23.2 Å². The predicted molar refractivity (Wildman–Crippen MR) is 108 cm³/mol. The summed E-state index contributed by atoms with van der Waals surface area (Å²) in [6.07, 6.45) is 0. The van der Waals surface area contributed by atoms with Gasteiger partial charge in [-0.15, -0.1) is 11.8 Å². The lowest BCUT2D eigenvalue weighted by Gasteiger charge is -2.34. The van der Waals surface area contributed by atoms with Gasteiger partial charge < -0.3 is 9.42 Å². The molecule has 0 radical (unpaired) electrons. The smallest absolute Gasteiger partial charge is 0.245 e. The van der Waals surface area contributed by atoms with Crippen LogP contribution in [0.4, 0.5) is 0 Å². The van der Waals surface area contributed by atoms with Gasteiger partial charge in [-0.2, -0.15) is 18.0 Å². The molecule has 0 bridgehead atoms. The lowest BCUT2D eigenvalue weighted by atomic mass is 10.3. The highest BCUT2D eigenvalue weighted by atomic mass is 32.2. The van der Waals surface area contributed by atoms with E-state index in [9.17, 15) is 13.2 Å². The van der Waals surface area contributed by atoms with Crippen LogP contribution in [-0.2, 0) is 20.6 Å². The highest BCUT2D eigenvalue weighted by Gasteiger charge is 2.31. The first kappa shape index (κ1) is 20.2. The number of carbonyl (C=O) groups excluding carboxylic acids is 1. The van der Waals surface area contributed by atoms with E-state index in [0.29, 0.717) is 41.6 Å². The van der Waals surface area contributed by atoms with Crippen LogP contribution in [0.1, 0.15) is 11.7 Å². The largest absolute Gasteiger partial charge is 0.340 e. The number of amides is 1. The molecule has 3 aromatic rings. The van der Waals surface area contributed by atoms with E-state index in [1.54, 1.807) is 30.0 Å². The maximum absolute atomic E-state index is 13.0. The second-order valence-corrected chi connectivity index (χ2v) is 9.82. The Labute approximate surface area is 175 Å². The average Bonchev–Trinajstić information content (AvgIpc) is 3.36. The minimum Gasteiger partial charge on any atom is -0.340 e. The Kier molecular flexibility index (Phi) is 5.81. The summed E-state index contributed by atoms with van der Waals surface area (Å²) in [7, 11) is -3.69. The zero-order valence-electron chi connectivity index (χ0n) is 15.5. The molecule has 1 aliphatic heterocycles. The number of aromatic nitrogens is 4. The number of aryl methyl sites for hydroxylation is 1. The van der Waals surface area contributed by atoms with Crippen molar-refractivity contribution in [1.82, 2.24) is 28.1 Å². The number of hydrogen-bond acceptors (Lipinski definition) is 10. The number of sulfonamides is 1. The molecule has 1 amide bonds. The Morgan fingerprint density at radius 3 is 2.76 bits per heavy atom. The van der Waals surface area contributed by atoms with Gasteiger partial charge in [0.25, 0.3) is 0 Å². The van der Waals surface area contributed by atoms with Gasteiger partial charge in [-0.1, -0.05) is 11.2 Å². The second-order valence-electron chi connectivity index (χ2n) is 6.40. The van der Waals surface area contributed by atoms with E-state index in [1.807, 2.05) is 0 Å².